The van der Waals surface area contributed by atoms with Crippen LogP contribution in [-0.2, 0) is 14.3 Å². The van der Waals surface area contributed by atoms with Crippen LogP contribution in [0.4, 0.5) is 0 Å². The molecule has 0 amide bonds. The molecule has 0 aliphatic carbocycles. The molecule has 0 aromatic heterocycles. The van der Waals surface area contributed by atoms with E-state index in [2.05, 4.69) is 39.6 Å². The van der Waals surface area contributed by atoms with Crippen LogP contribution >= 0.6 is 0 Å². The summed E-state index contributed by atoms with van der Waals surface area (Å²) in [5.41, 5.74) is -0.214. The molecule has 0 aromatic rings. The van der Waals surface area contributed by atoms with Gasteiger partial charge >= 0.3 is 5.97 Å². The highest BCUT2D eigenvalue weighted by atomic mass is 16.5. The predicted molar refractivity (Wildman–Crippen MR) is 113 cm³/mol. The lowest BCUT2D eigenvalue weighted by Crippen LogP contribution is -2.60. The number of nitrogens with zero attached hydrogens (tertiary/aromatic N) is 2. The smallest absolute Gasteiger partial charge is 0.302 e. The maximum atomic E-state index is 11.0. The van der Waals surface area contributed by atoms with Crippen molar-refractivity contribution in [1.29, 1.82) is 0 Å². The summed E-state index contributed by atoms with van der Waals surface area (Å²) < 4.78 is 10.7. The topological polar surface area (TPSA) is 62.2 Å². The molecular weight excluding hydrogens is 356 g/mol. The predicted octanol–water partition coefficient (Wildman–Crippen LogP) is 4.24. The van der Waals surface area contributed by atoms with E-state index in [9.17, 15) is 10.0 Å². The molecule has 2 aliphatic rings. The summed E-state index contributed by atoms with van der Waals surface area (Å²) in [6.07, 6.45) is 3.89. The summed E-state index contributed by atoms with van der Waals surface area (Å²) in [5, 5.41) is 11.4. The van der Waals surface area contributed by atoms with Crippen molar-refractivity contribution in [1.82, 2.24) is 9.96 Å². The number of hydrogen-bond donors (Lipinski definition) is 1. The number of rotatable bonds is 2. The zero-order valence-corrected chi connectivity index (χ0v) is 20.0. The SMILES string of the molecule is CC(=O)OC1CC(C)(C)N(C)C(C)(C)C1.COC1CC(C)(C)N(O)C(C)(C)C1. The van der Waals surface area contributed by atoms with Crippen molar-refractivity contribution in [2.24, 2.45) is 0 Å². The Hall–Kier alpha value is -0.690. The monoisotopic (exact) mass is 400 g/mol. The van der Waals surface area contributed by atoms with Gasteiger partial charge < -0.3 is 14.7 Å². The summed E-state index contributed by atoms with van der Waals surface area (Å²) in [4.78, 5) is 13.4. The lowest BCUT2D eigenvalue weighted by Gasteiger charge is -2.53. The summed E-state index contributed by atoms with van der Waals surface area (Å²) in [6.45, 7) is 18.4. The number of hydrogen-bond acceptors (Lipinski definition) is 6. The van der Waals surface area contributed by atoms with E-state index in [1.807, 2.05) is 27.7 Å². The van der Waals surface area contributed by atoms with Gasteiger partial charge in [-0.15, -0.1) is 0 Å². The standard InChI is InChI=1S/C12H23NO2.C10H21NO2/c1-9(14)15-10-7-11(2,3)13(6)12(4,5)8-10;1-9(2)6-8(13-5)7-10(3,4)11(9)12/h10H,7-8H2,1-6H3;8,12H,6-7H2,1-5H3. The molecule has 0 bridgehead atoms. The van der Waals surface area contributed by atoms with Crippen LogP contribution in [-0.4, -0.2) is 69.7 Å². The van der Waals surface area contributed by atoms with Crippen molar-refractivity contribution in [3.8, 4) is 0 Å². The van der Waals surface area contributed by atoms with Gasteiger partial charge in [0.15, 0.2) is 0 Å². The molecule has 0 aromatic carbocycles. The number of hydroxylamine groups is 2. The molecule has 0 unspecified atom stereocenters. The second kappa shape index (κ2) is 8.58. The summed E-state index contributed by atoms with van der Waals surface area (Å²) in [5.74, 6) is -0.170. The van der Waals surface area contributed by atoms with Gasteiger partial charge in [0, 0.05) is 49.0 Å². The molecule has 1 N–H and O–H groups in total. The van der Waals surface area contributed by atoms with Gasteiger partial charge in [-0.05, 0) is 75.3 Å². The lowest BCUT2D eigenvalue weighted by molar-refractivity contribution is -0.259. The third-order valence-corrected chi connectivity index (χ3v) is 6.54. The van der Waals surface area contributed by atoms with Gasteiger partial charge in [0.1, 0.15) is 6.10 Å². The molecular formula is C22H44N2O4. The van der Waals surface area contributed by atoms with Crippen LogP contribution in [0.15, 0.2) is 0 Å². The molecule has 2 rings (SSSR count). The van der Waals surface area contributed by atoms with Gasteiger partial charge in [0.25, 0.3) is 0 Å². The Bertz CT molecular complexity index is 507. The molecule has 0 atom stereocenters. The minimum absolute atomic E-state index is 0.0590. The van der Waals surface area contributed by atoms with Crippen molar-refractivity contribution in [3.63, 3.8) is 0 Å². The second-order valence-corrected chi connectivity index (χ2v) is 11.0. The zero-order chi connectivity index (χ0) is 22.1. The maximum Gasteiger partial charge on any atom is 0.302 e. The fraction of sp³-hybridized carbons (Fsp3) is 0.955. The second-order valence-electron chi connectivity index (χ2n) is 11.0. The first-order valence-electron chi connectivity index (χ1n) is 10.4. The van der Waals surface area contributed by atoms with Gasteiger partial charge in [-0.2, -0.15) is 5.06 Å². The van der Waals surface area contributed by atoms with E-state index >= 15 is 0 Å². The first kappa shape index (κ1) is 25.3. The minimum atomic E-state index is -0.192. The Morgan fingerprint density at radius 1 is 0.821 bits per heavy atom. The quantitative estimate of drug-likeness (QED) is 0.700. The molecule has 0 spiro atoms. The maximum absolute atomic E-state index is 11.0. The van der Waals surface area contributed by atoms with Crippen molar-refractivity contribution in [2.75, 3.05) is 14.2 Å². The van der Waals surface area contributed by atoms with Crippen LogP contribution in [0, 0.1) is 0 Å². The summed E-state index contributed by atoms with van der Waals surface area (Å²) in [7, 11) is 3.88. The van der Waals surface area contributed by atoms with Gasteiger partial charge in [0.05, 0.1) is 6.10 Å². The normalized spacial score (nSPS) is 27.6. The third-order valence-electron chi connectivity index (χ3n) is 6.54. The Morgan fingerprint density at radius 3 is 1.50 bits per heavy atom. The van der Waals surface area contributed by atoms with E-state index in [0.29, 0.717) is 0 Å². The molecule has 6 heteroatoms. The summed E-state index contributed by atoms with van der Waals surface area (Å²) >= 11 is 0. The molecule has 28 heavy (non-hydrogen) atoms. The number of methoxy groups -OCH3 is 1. The number of piperidine rings is 2. The Morgan fingerprint density at radius 2 is 1.18 bits per heavy atom. The van der Waals surface area contributed by atoms with Crippen LogP contribution in [0.25, 0.3) is 0 Å². The van der Waals surface area contributed by atoms with Crippen LogP contribution < -0.4 is 0 Å². The number of ether oxygens (including phenoxy) is 2. The van der Waals surface area contributed by atoms with Gasteiger partial charge in [-0.3, -0.25) is 9.69 Å². The molecule has 6 nitrogen and oxygen atoms in total. The number of carbonyl (C=O) groups excluding carboxylic acids is 1. The molecule has 2 heterocycles. The van der Waals surface area contributed by atoms with Crippen LogP contribution in [0.1, 0.15) is 88.0 Å². The van der Waals surface area contributed by atoms with Crippen molar-refractivity contribution in [3.05, 3.63) is 0 Å². The van der Waals surface area contributed by atoms with Crippen LogP contribution in [0.3, 0.4) is 0 Å². The molecule has 0 radical (unpaired) electrons. The first-order chi connectivity index (χ1) is 12.4. The molecule has 166 valence electrons. The van der Waals surface area contributed by atoms with E-state index in [1.165, 1.54) is 12.0 Å². The van der Waals surface area contributed by atoms with Crippen molar-refractivity contribution >= 4 is 5.97 Å². The first-order valence-corrected chi connectivity index (χ1v) is 10.4. The molecule has 2 saturated heterocycles. The fourth-order valence-corrected chi connectivity index (χ4v) is 4.94. The van der Waals surface area contributed by atoms with Crippen molar-refractivity contribution < 1.29 is 19.5 Å². The molecule has 2 fully saturated rings. The largest absolute Gasteiger partial charge is 0.462 e. The van der Waals surface area contributed by atoms with Crippen molar-refractivity contribution in [2.45, 2.75) is 122 Å². The zero-order valence-electron chi connectivity index (χ0n) is 20.0. The van der Waals surface area contributed by atoms with Gasteiger partial charge in [-0.1, -0.05) is 0 Å². The van der Waals surface area contributed by atoms with E-state index in [-0.39, 0.29) is 40.3 Å². The van der Waals surface area contributed by atoms with E-state index in [4.69, 9.17) is 9.47 Å². The number of esters is 1. The highest BCUT2D eigenvalue weighted by Crippen LogP contribution is 2.38. The van der Waals surface area contributed by atoms with Crippen LogP contribution in [0.2, 0.25) is 0 Å². The third kappa shape index (κ3) is 6.15. The molecule has 2 aliphatic heterocycles. The Labute approximate surface area is 172 Å². The Kier molecular flexibility index (Phi) is 7.77. The highest BCUT2D eigenvalue weighted by Gasteiger charge is 2.45. The van der Waals surface area contributed by atoms with E-state index in [1.54, 1.807) is 7.11 Å². The average Bonchev–Trinajstić information content (AvgIpc) is 2.49. The average molecular weight is 401 g/mol. The minimum Gasteiger partial charge on any atom is -0.462 e. The van der Waals surface area contributed by atoms with Crippen LogP contribution in [0.5, 0.6) is 0 Å². The van der Waals surface area contributed by atoms with Gasteiger partial charge in [-0.25, -0.2) is 0 Å². The van der Waals surface area contributed by atoms with Gasteiger partial charge in [0.2, 0.25) is 0 Å². The fourth-order valence-electron chi connectivity index (χ4n) is 4.94. The Balaban J connectivity index is 0.000000283. The highest BCUT2D eigenvalue weighted by molar-refractivity contribution is 5.66. The number of carbonyl (C=O) groups is 1. The summed E-state index contributed by atoms with van der Waals surface area (Å²) in [6, 6.07) is 0. The van der Waals surface area contributed by atoms with E-state index < -0.39 is 0 Å². The number of likely N-dealkylation sites (tertiary alicyclic amines) is 1. The lowest BCUT2D eigenvalue weighted by atomic mass is 9.79. The molecule has 0 saturated carbocycles. The van der Waals surface area contributed by atoms with E-state index in [0.717, 1.165) is 25.7 Å².